The van der Waals surface area contributed by atoms with Crippen molar-refractivity contribution in [3.63, 3.8) is 0 Å². The molecule has 0 aromatic rings. The van der Waals surface area contributed by atoms with Crippen molar-refractivity contribution in [3.05, 3.63) is 0 Å². The van der Waals surface area contributed by atoms with Gasteiger partial charge in [0.2, 0.25) is 12.2 Å². The van der Waals surface area contributed by atoms with Gasteiger partial charge in [-0.1, -0.05) is 86.0 Å². The Hall–Kier alpha value is -1.24. The summed E-state index contributed by atoms with van der Waals surface area (Å²) in [6.07, 6.45) is 19.6. The highest BCUT2D eigenvalue weighted by molar-refractivity contribution is 5.33. The molecule has 0 N–H and O–H groups in total. The predicted octanol–water partition coefficient (Wildman–Crippen LogP) is 7.91. The maximum atomic E-state index is 10.5. The molecule has 4 nitrogen and oxygen atoms in total. The van der Waals surface area contributed by atoms with Crippen molar-refractivity contribution in [2.24, 2.45) is 39.6 Å². The summed E-state index contributed by atoms with van der Waals surface area (Å²) in [6, 6.07) is 0. The van der Waals surface area contributed by atoms with Gasteiger partial charge >= 0.3 is 0 Å². The lowest BCUT2D eigenvalue weighted by Gasteiger charge is -2.30. The Morgan fingerprint density at radius 1 is 0.581 bits per heavy atom. The molecule has 0 aromatic carbocycles. The van der Waals surface area contributed by atoms with E-state index in [0.717, 1.165) is 24.2 Å². The van der Waals surface area contributed by atoms with Crippen LogP contribution in [0.25, 0.3) is 0 Å². The number of hydrogen-bond acceptors (Lipinski definition) is 4. The molecule has 0 heterocycles. The normalized spacial score (nSPS) is 15.9. The van der Waals surface area contributed by atoms with Crippen molar-refractivity contribution in [2.75, 3.05) is 13.1 Å². The van der Waals surface area contributed by atoms with Crippen LogP contribution in [0.4, 0.5) is 0 Å². The second-order valence-corrected chi connectivity index (χ2v) is 9.86. The van der Waals surface area contributed by atoms with Crippen LogP contribution in [0, 0.1) is 29.6 Å². The molecule has 0 aliphatic rings. The fourth-order valence-electron chi connectivity index (χ4n) is 5.55. The molecule has 31 heavy (non-hydrogen) atoms. The fourth-order valence-corrected chi connectivity index (χ4v) is 5.55. The van der Waals surface area contributed by atoms with E-state index in [9.17, 15) is 9.59 Å². The van der Waals surface area contributed by atoms with Gasteiger partial charge in [0, 0.05) is 0 Å². The zero-order valence-electron chi connectivity index (χ0n) is 21.2. The van der Waals surface area contributed by atoms with E-state index in [2.05, 4.69) is 44.6 Å². The molecule has 0 radical (unpaired) electrons. The molecule has 0 aliphatic heterocycles. The maximum Gasteiger partial charge on any atom is 0.234 e. The third-order valence-corrected chi connectivity index (χ3v) is 6.70. The summed E-state index contributed by atoms with van der Waals surface area (Å²) in [6.45, 7) is 12.6. The van der Waals surface area contributed by atoms with E-state index >= 15 is 0 Å². The average Bonchev–Trinajstić information content (AvgIpc) is 2.73. The summed E-state index contributed by atoms with van der Waals surface area (Å²) in [5.74, 6) is 3.43. The van der Waals surface area contributed by atoms with Gasteiger partial charge in [-0.15, -0.1) is 0 Å². The van der Waals surface area contributed by atoms with Crippen LogP contribution < -0.4 is 0 Å². The molecule has 180 valence electrons. The van der Waals surface area contributed by atoms with E-state index in [1.165, 1.54) is 77.0 Å². The molecule has 0 amide bonds. The first-order valence-corrected chi connectivity index (χ1v) is 13.1. The lowest BCUT2D eigenvalue weighted by atomic mass is 9.76. The quantitative estimate of drug-likeness (QED) is 0.136. The standard InChI is InChI=1S/C27H50N2O2/c1-6-10-24(14-15-28-21-30)17-26(12-8-3)19-27(13-9-4)18-25(11-7-2)16-23(5)20-29-22-31/h23-27H,6-20H2,1-5H3. The summed E-state index contributed by atoms with van der Waals surface area (Å²) in [4.78, 5) is 28.6. The molecule has 5 unspecified atom stereocenters. The van der Waals surface area contributed by atoms with Crippen molar-refractivity contribution >= 4 is 12.2 Å². The van der Waals surface area contributed by atoms with Gasteiger partial charge in [-0.3, -0.25) is 0 Å². The Kier molecular flexibility index (Phi) is 19.8. The summed E-state index contributed by atoms with van der Waals surface area (Å²) in [5, 5.41) is 0. The van der Waals surface area contributed by atoms with Gasteiger partial charge < -0.3 is 0 Å². The predicted molar refractivity (Wildman–Crippen MR) is 132 cm³/mol. The third kappa shape index (κ3) is 16.1. The topological polar surface area (TPSA) is 58.9 Å². The first-order chi connectivity index (χ1) is 15.0. The Labute approximate surface area is 192 Å². The number of rotatable bonds is 21. The van der Waals surface area contributed by atoms with Crippen LogP contribution in [0.1, 0.15) is 118 Å². The van der Waals surface area contributed by atoms with Crippen LogP contribution in [0.15, 0.2) is 9.98 Å². The van der Waals surface area contributed by atoms with Crippen LogP contribution in [0.3, 0.4) is 0 Å². The zero-order chi connectivity index (χ0) is 23.3. The Morgan fingerprint density at radius 3 is 1.45 bits per heavy atom. The summed E-state index contributed by atoms with van der Waals surface area (Å²) >= 11 is 0. The SMILES string of the molecule is CCCC(CCN=C=O)CC(CCC)CC(CCC)CC(CCC)CC(C)CN=C=O. The van der Waals surface area contributed by atoms with E-state index in [1.54, 1.807) is 12.2 Å². The molecule has 4 heteroatoms. The Morgan fingerprint density at radius 2 is 1.00 bits per heavy atom. The number of nitrogens with zero attached hydrogens (tertiary/aromatic N) is 2. The van der Waals surface area contributed by atoms with Gasteiger partial charge in [-0.05, 0) is 61.7 Å². The minimum Gasteiger partial charge on any atom is -0.211 e. The first kappa shape index (κ1) is 29.8. The summed E-state index contributed by atoms with van der Waals surface area (Å²) < 4.78 is 0. The molecule has 0 bridgehead atoms. The molecule has 5 atom stereocenters. The highest BCUT2D eigenvalue weighted by Gasteiger charge is 2.23. The molecule has 0 rings (SSSR count). The number of hydrogen-bond donors (Lipinski definition) is 0. The third-order valence-electron chi connectivity index (χ3n) is 6.70. The summed E-state index contributed by atoms with van der Waals surface area (Å²) in [7, 11) is 0. The fraction of sp³-hybridized carbons (Fsp3) is 0.926. The monoisotopic (exact) mass is 434 g/mol. The second-order valence-electron chi connectivity index (χ2n) is 9.86. The van der Waals surface area contributed by atoms with Gasteiger partial charge in [-0.25, -0.2) is 19.6 Å². The van der Waals surface area contributed by atoms with Gasteiger partial charge in [0.05, 0.1) is 13.1 Å². The molecule has 0 saturated carbocycles. The molecular formula is C27H50N2O2. The number of carbonyl (C=O) groups excluding carboxylic acids is 2. The molecule has 0 aromatic heterocycles. The van der Waals surface area contributed by atoms with Crippen LogP contribution in [0.5, 0.6) is 0 Å². The van der Waals surface area contributed by atoms with Gasteiger partial charge in [0.15, 0.2) is 0 Å². The van der Waals surface area contributed by atoms with Crippen molar-refractivity contribution in [1.29, 1.82) is 0 Å². The van der Waals surface area contributed by atoms with Gasteiger partial charge in [0.1, 0.15) is 0 Å². The maximum absolute atomic E-state index is 10.5. The number of isocyanates is 2. The average molecular weight is 435 g/mol. The van der Waals surface area contributed by atoms with Crippen LogP contribution in [-0.2, 0) is 9.59 Å². The molecule has 0 fully saturated rings. The molecular weight excluding hydrogens is 384 g/mol. The second kappa shape index (κ2) is 20.7. The minimum atomic E-state index is 0.457. The van der Waals surface area contributed by atoms with Crippen LogP contribution in [0.2, 0.25) is 0 Å². The van der Waals surface area contributed by atoms with Crippen molar-refractivity contribution in [1.82, 2.24) is 0 Å². The Balaban J connectivity index is 5.09. The number of aliphatic imine (C=N–C) groups is 2. The van der Waals surface area contributed by atoms with Crippen LogP contribution in [-0.4, -0.2) is 25.2 Å². The molecule has 0 spiro atoms. The van der Waals surface area contributed by atoms with Crippen molar-refractivity contribution < 1.29 is 9.59 Å². The van der Waals surface area contributed by atoms with Crippen molar-refractivity contribution in [3.8, 4) is 0 Å². The largest absolute Gasteiger partial charge is 0.234 e. The summed E-state index contributed by atoms with van der Waals surface area (Å²) in [5.41, 5.74) is 0. The van der Waals surface area contributed by atoms with E-state index < -0.39 is 0 Å². The molecule has 0 aliphatic carbocycles. The Bertz CT molecular complexity index is 509. The highest BCUT2D eigenvalue weighted by atomic mass is 16.1. The highest BCUT2D eigenvalue weighted by Crippen LogP contribution is 2.35. The van der Waals surface area contributed by atoms with Crippen LogP contribution >= 0.6 is 0 Å². The lowest BCUT2D eigenvalue weighted by molar-refractivity contribution is 0.220. The van der Waals surface area contributed by atoms with Gasteiger partial charge in [-0.2, -0.15) is 0 Å². The van der Waals surface area contributed by atoms with E-state index in [1.807, 2.05) is 0 Å². The minimum absolute atomic E-state index is 0.457. The lowest BCUT2D eigenvalue weighted by Crippen LogP contribution is -2.18. The first-order valence-electron chi connectivity index (χ1n) is 13.1. The van der Waals surface area contributed by atoms with Crippen molar-refractivity contribution in [2.45, 2.75) is 118 Å². The smallest absolute Gasteiger partial charge is 0.211 e. The van der Waals surface area contributed by atoms with Gasteiger partial charge in [0.25, 0.3) is 0 Å². The van der Waals surface area contributed by atoms with E-state index in [0.29, 0.717) is 24.9 Å². The zero-order valence-corrected chi connectivity index (χ0v) is 21.2. The van der Waals surface area contributed by atoms with E-state index in [-0.39, 0.29) is 0 Å². The molecule has 0 saturated heterocycles. The van der Waals surface area contributed by atoms with E-state index in [4.69, 9.17) is 0 Å².